The molecule has 0 saturated carbocycles. The number of allylic oxidation sites excluding steroid dienone is 1. The summed E-state index contributed by atoms with van der Waals surface area (Å²) >= 11 is 0. The number of piperidine rings is 1. The molecule has 1 aromatic carbocycles. The number of methoxy groups -OCH3 is 1. The van der Waals surface area contributed by atoms with Crippen LogP contribution in [0.1, 0.15) is 54.0 Å². The average Bonchev–Trinajstić information content (AvgIpc) is 3.35. The molecule has 3 aromatic rings. The molecule has 31 heavy (non-hydrogen) atoms. The summed E-state index contributed by atoms with van der Waals surface area (Å²) in [5.74, 6) is 3.54. The summed E-state index contributed by atoms with van der Waals surface area (Å²) in [7, 11) is 1.71. The molecule has 0 unspecified atom stereocenters. The predicted octanol–water partition coefficient (Wildman–Crippen LogP) is 4.84. The number of aromatic amines is 1. The van der Waals surface area contributed by atoms with Gasteiger partial charge in [-0.1, -0.05) is 11.6 Å². The van der Waals surface area contributed by atoms with Crippen LogP contribution in [-0.2, 0) is 6.42 Å². The minimum absolute atomic E-state index is 0.440. The molecular weight excluding hydrogens is 386 g/mol. The molecule has 2 aromatic heterocycles. The van der Waals surface area contributed by atoms with E-state index in [4.69, 9.17) is 9.72 Å². The SMILES string of the molecule is COc1ccc(-c2nc(C3CCN(c4ncnc5c4C=C(C)C5)CC3)[nH]c2C)cc1C. The summed E-state index contributed by atoms with van der Waals surface area (Å²) in [5, 5.41) is 0. The Bertz CT molecular complexity index is 1150. The molecule has 5 rings (SSSR count). The highest BCUT2D eigenvalue weighted by Gasteiger charge is 2.27. The molecule has 160 valence electrons. The molecule has 0 spiro atoms. The van der Waals surface area contributed by atoms with Crippen molar-refractivity contribution in [3.63, 3.8) is 0 Å². The second kappa shape index (κ2) is 7.84. The van der Waals surface area contributed by atoms with Gasteiger partial charge in [-0.15, -0.1) is 0 Å². The van der Waals surface area contributed by atoms with Crippen molar-refractivity contribution >= 4 is 11.9 Å². The second-order valence-corrected chi connectivity index (χ2v) is 8.77. The van der Waals surface area contributed by atoms with Gasteiger partial charge >= 0.3 is 0 Å². The fourth-order valence-electron chi connectivity index (χ4n) is 4.87. The minimum atomic E-state index is 0.440. The van der Waals surface area contributed by atoms with Crippen LogP contribution in [0, 0.1) is 13.8 Å². The quantitative estimate of drug-likeness (QED) is 0.661. The van der Waals surface area contributed by atoms with Crippen LogP contribution >= 0.6 is 0 Å². The number of H-pyrrole nitrogens is 1. The number of nitrogens with one attached hydrogen (secondary N) is 1. The van der Waals surface area contributed by atoms with E-state index >= 15 is 0 Å². The first-order valence-corrected chi connectivity index (χ1v) is 11.0. The summed E-state index contributed by atoms with van der Waals surface area (Å²) in [5.41, 5.74) is 8.15. The molecule has 1 N–H and O–H groups in total. The first-order chi connectivity index (χ1) is 15.0. The average molecular weight is 416 g/mol. The Morgan fingerprint density at radius 3 is 2.65 bits per heavy atom. The van der Waals surface area contributed by atoms with E-state index in [0.717, 1.165) is 78.0 Å². The van der Waals surface area contributed by atoms with Crippen LogP contribution < -0.4 is 9.64 Å². The number of imidazole rings is 1. The highest BCUT2D eigenvalue weighted by molar-refractivity contribution is 5.72. The summed E-state index contributed by atoms with van der Waals surface area (Å²) in [4.78, 5) is 20.1. The van der Waals surface area contributed by atoms with Crippen LogP contribution in [-0.4, -0.2) is 40.1 Å². The predicted molar refractivity (Wildman–Crippen MR) is 124 cm³/mol. The third-order valence-electron chi connectivity index (χ3n) is 6.53. The molecule has 1 saturated heterocycles. The van der Waals surface area contributed by atoms with Crippen LogP contribution in [0.5, 0.6) is 5.75 Å². The van der Waals surface area contributed by atoms with Gasteiger partial charge in [0.15, 0.2) is 0 Å². The molecule has 6 nitrogen and oxygen atoms in total. The molecule has 1 fully saturated rings. The van der Waals surface area contributed by atoms with Crippen LogP contribution in [0.25, 0.3) is 17.3 Å². The molecule has 0 radical (unpaired) electrons. The van der Waals surface area contributed by atoms with Crippen molar-refractivity contribution in [1.29, 1.82) is 0 Å². The standard InChI is InChI=1S/C25H29N5O/c1-15-11-20-21(12-15)26-14-27-25(20)30-9-7-18(8-10-30)24-28-17(3)23(29-24)19-5-6-22(31-4)16(2)13-19/h5-6,11,13-14,18H,7-10,12H2,1-4H3,(H,28,29). The number of aromatic nitrogens is 4. The molecule has 1 aliphatic carbocycles. The number of ether oxygens (including phenoxy) is 1. The first-order valence-electron chi connectivity index (χ1n) is 11.0. The molecule has 0 atom stereocenters. The zero-order chi connectivity index (χ0) is 21.5. The number of anilines is 1. The van der Waals surface area contributed by atoms with Crippen LogP contribution in [0.4, 0.5) is 5.82 Å². The number of benzene rings is 1. The molecule has 1 aliphatic heterocycles. The third-order valence-corrected chi connectivity index (χ3v) is 6.53. The normalized spacial score (nSPS) is 16.4. The van der Waals surface area contributed by atoms with E-state index in [9.17, 15) is 0 Å². The molecule has 0 amide bonds. The Morgan fingerprint density at radius 1 is 1.10 bits per heavy atom. The topological polar surface area (TPSA) is 66.9 Å². The zero-order valence-corrected chi connectivity index (χ0v) is 18.7. The van der Waals surface area contributed by atoms with Crippen molar-refractivity contribution in [2.24, 2.45) is 0 Å². The van der Waals surface area contributed by atoms with Crippen molar-refractivity contribution in [2.75, 3.05) is 25.1 Å². The Labute approximate surface area is 183 Å². The number of fused-ring (bicyclic) bond motifs is 1. The maximum absolute atomic E-state index is 5.40. The lowest BCUT2D eigenvalue weighted by Crippen LogP contribution is -2.34. The van der Waals surface area contributed by atoms with Crippen molar-refractivity contribution in [1.82, 2.24) is 19.9 Å². The van der Waals surface area contributed by atoms with E-state index in [1.54, 1.807) is 13.4 Å². The van der Waals surface area contributed by atoms with Crippen molar-refractivity contribution in [2.45, 2.75) is 46.0 Å². The maximum Gasteiger partial charge on any atom is 0.139 e. The number of rotatable bonds is 4. The Morgan fingerprint density at radius 2 is 1.90 bits per heavy atom. The number of hydrogen-bond acceptors (Lipinski definition) is 5. The van der Waals surface area contributed by atoms with Gasteiger partial charge in [0.25, 0.3) is 0 Å². The molecule has 2 aliphatic rings. The van der Waals surface area contributed by atoms with Gasteiger partial charge in [0, 0.05) is 42.2 Å². The van der Waals surface area contributed by atoms with Crippen LogP contribution in [0.2, 0.25) is 0 Å². The Balaban J connectivity index is 1.33. The van der Waals surface area contributed by atoms with Gasteiger partial charge in [0.1, 0.15) is 23.7 Å². The minimum Gasteiger partial charge on any atom is -0.496 e. The number of nitrogens with zero attached hydrogens (tertiary/aromatic N) is 4. The largest absolute Gasteiger partial charge is 0.496 e. The van der Waals surface area contributed by atoms with Gasteiger partial charge in [0.2, 0.25) is 0 Å². The summed E-state index contributed by atoms with van der Waals surface area (Å²) < 4.78 is 5.40. The van der Waals surface area contributed by atoms with E-state index in [1.165, 1.54) is 11.1 Å². The van der Waals surface area contributed by atoms with Gasteiger partial charge in [-0.2, -0.15) is 0 Å². The smallest absolute Gasteiger partial charge is 0.139 e. The van der Waals surface area contributed by atoms with E-state index < -0.39 is 0 Å². The van der Waals surface area contributed by atoms with E-state index in [0.29, 0.717) is 5.92 Å². The third kappa shape index (κ3) is 3.60. The van der Waals surface area contributed by atoms with Crippen molar-refractivity contribution in [3.8, 4) is 17.0 Å². The highest BCUT2D eigenvalue weighted by atomic mass is 16.5. The lowest BCUT2D eigenvalue weighted by atomic mass is 9.96. The summed E-state index contributed by atoms with van der Waals surface area (Å²) in [6.45, 7) is 8.31. The van der Waals surface area contributed by atoms with Crippen LogP contribution in [0.3, 0.4) is 0 Å². The first kappa shape index (κ1) is 19.8. The molecule has 6 heteroatoms. The van der Waals surface area contributed by atoms with Gasteiger partial charge < -0.3 is 14.6 Å². The lowest BCUT2D eigenvalue weighted by Gasteiger charge is -2.32. The van der Waals surface area contributed by atoms with E-state index in [2.05, 4.69) is 58.8 Å². The Hall–Kier alpha value is -3.15. The van der Waals surface area contributed by atoms with Gasteiger partial charge in [-0.3, -0.25) is 0 Å². The van der Waals surface area contributed by atoms with Crippen LogP contribution in [0.15, 0.2) is 30.1 Å². The molecular formula is C25H29N5O. The van der Waals surface area contributed by atoms with Gasteiger partial charge in [0.05, 0.1) is 18.5 Å². The second-order valence-electron chi connectivity index (χ2n) is 8.77. The zero-order valence-electron chi connectivity index (χ0n) is 18.7. The highest BCUT2D eigenvalue weighted by Crippen LogP contribution is 2.35. The fourth-order valence-corrected chi connectivity index (χ4v) is 4.87. The number of aryl methyl sites for hydroxylation is 2. The summed E-state index contributed by atoms with van der Waals surface area (Å²) in [6, 6.07) is 6.26. The maximum atomic E-state index is 5.40. The van der Waals surface area contributed by atoms with Crippen molar-refractivity contribution in [3.05, 3.63) is 58.4 Å². The number of hydrogen-bond donors (Lipinski definition) is 1. The molecule has 0 bridgehead atoms. The van der Waals surface area contributed by atoms with Crippen molar-refractivity contribution < 1.29 is 4.74 Å². The fraction of sp³-hybridized carbons (Fsp3) is 0.400. The van der Waals surface area contributed by atoms with E-state index in [-0.39, 0.29) is 0 Å². The van der Waals surface area contributed by atoms with E-state index in [1.807, 2.05) is 6.07 Å². The summed E-state index contributed by atoms with van der Waals surface area (Å²) in [6.07, 6.45) is 7.03. The molecule has 3 heterocycles. The monoisotopic (exact) mass is 415 g/mol. The Kier molecular flexibility index (Phi) is 5.00. The van der Waals surface area contributed by atoms with Gasteiger partial charge in [-0.05, 0) is 57.4 Å². The van der Waals surface area contributed by atoms with Gasteiger partial charge in [-0.25, -0.2) is 15.0 Å². The lowest BCUT2D eigenvalue weighted by molar-refractivity contribution is 0.412.